The summed E-state index contributed by atoms with van der Waals surface area (Å²) in [7, 11) is 0. The van der Waals surface area contributed by atoms with Crippen LogP contribution in [0.3, 0.4) is 0 Å². The van der Waals surface area contributed by atoms with Crippen molar-refractivity contribution >= 4 is 23.3 Å². The molecule has 0 unspecified atom stereocenters. The van der Waals surface area contributed by atoms with E-state index in [9.17, 15) is 9.59 Å². The summed E-state index contributed by atoms with van der Waals surface area (Å²) in [5.74, 6) is 1.63. The van der Waals surface area contributed by atoms with Crippen molar-refractivity contribution in [1.29, 1.82) is 0 Å². The molecule has 1 atom stereocenters. The fraction of sp³-hybridized carbons (Fsp3) is 0.412. The quantitative estimate of drug-likeness (QED) is 0.891. The fourth-order valence-corrected chi connectivity index (χ4v) is 3.92. The number of rotatable bonds is 4. The second-order valence-corrected chi connectivity index (χ2v) is 7.05. The monoisotopic (exact) mass is 347 g/mol. The molecule has 2 aromatic rings. The summed E-state index contributed by atoms with van der Waals surface area (Å²) in [5.41, 5.74) is 5.15. The summed E-state index contributed by atoms with van der Waals surface area (Å²) in [6, 6.07) is 7.02. The topological polar surface area (TPSA) is 88.6 Å². The van der Waals surface area contributed by atoms with Gasteiger partial charge in [-0.25, -0.2) is 4.79 Å². The third-order valence-electron chi connectivity index (χ3n) is 4.20. The first-order valence-electron chi connectivity index (χ1n) is 8.05. The van der Waals surface area contributed by atoms with Crippen molar-refractivity contribution in [1.82, 2.24) is 10.2 Å². The maximum Gasteiger partial charge on any atom is 0.312 e. The van der Waals surface area contributed by atoms with E-state index in [-0.39, 0.29) is 11.9 Å². The van der Waals surface area contributed by atoms with Gasteiger partial charge in [-0.2, -0.15) is 0 Å². The van der Waals surface area contributed by atoms with Crippen molar-refractivity contribution in [3.05, 3.63) is 34.9 Å². The zero-order valence-electron chi connectivity index (χ0n) is 13.6. The number of carbonyl (C=O) groups excluding carboxylic acids is 2. The van der Waals surface area contributed by atoms with Gasteiger partial charge in [0.15, 0.2) is 0 Å². The smallest absolute Gasteiger partial charge is 0.312 e. The zero-order valence-corrected chi connectivity index (χ0v) is 14.4. The van der Waals surface area contributed by atoms with E-state index >= 15 is 0 Å². The number of nitrogens with two attached hydrogens (primary N) is 1. The highest BCUT2D eigenvalue weighted by Crippen LogP contribution is 2.31. The van der Waals surface area contributed by atoms with E-state index in [1.165, 1.54) is 11.3 Å². The molecule has 0 aromatic carbocycles. The molecule has 0 bridgehead atoms. The summed E-state index contributed by atoms with van der Waals surface area (Å²) in [6.07, 6.45) is 2.91. The number of thiophene rings is 1. The Bertz CT molecular complexity index is 737. The van der Waals surface area contributed by atoms with E-state index < -0.39 is 6.03 Å². The summed E-state index contributed by atoms with van der Waals surface area (Å²) >= 11 is 1.43. The highest BCUT2D eigenvalue weighted by molar-refractivity contribution is 7.17. The van der Waals surface area contributed by atoms with Gasteiger partial charge in [-0.3, -0.25) is 4.79 Å². The Kier molecular flexibility index (Phi) is 4.89. The molecular formula is C17H21N3O3S. The molecule has 1 aliphatic heterocycles. The molecule has 2 aromatic heterocycles. The van der Waals surface area contributed by atoms with Gasteiger partial charge in [0, 0.05) is 19.1 Å². The highest BCUT2D eigenvalue weighted by Gasteiger charge is 2.28. The number of piperidine rings is 1. The van der Waals surface area contributed by atoms with Gasteiger partial charge in [-0.1, -0.05) is 0 Å². The molecule has 24 heavy (non-hydrogen) atoms. The molecule has 3 heterocycles. The third kappa shape index (κ3) is 3.62. The molecular weight excluding hydrogens is 326 g/mol. The van der Waals surface area contributed by atoms with Crippen LogP contribution in [-0.2, 0) is 0 Å². The van der Waals surface area contributed by atoms with Crippen LogP contribution in [0, 0.1) is 6.92 Å². The molecule has 3 N–H and O–H groups in total. The van der Waals surface area contributed by atoms with Gasteiger partial charge < -0.3 is 20.4 Å². The van der Waals surface area contributed by atoms with Gasteiger partial charge in [-0.15, -0.1) is 11.3 Å². The maximum absolute atomic E-state index is 12.9. The van der Waals surface area contributed by atoms with E-state index in [1.54, 1.807) is 0 Å². The van der Waals surface area contributed by atoms with Crippen molar-refractivity contribution in [3.63, 3.8) is 0 Å². The van der Waals surface area contributed by atoms with Crippen molar-refractivity contribution < 1.29 is 14.0 Å². The van der Waals surface area contributed by atoms with Crippen LogP contribution in [0.2, 0.25) is 0 Å². The molecule has 3 amide bonds. The van der Waals surface area contributed by atoms with Crippen LogP contribution in [0.25, 0.3) is 10.6 Å². The van der Waals surface area contributed by atoms with Crippen molar-refractivity contribution in [2.45, 2.75) is 32.2 Å². The Hall–Kier alpha value is -2.28. The average Bonchev–Trinajstić information content (AvgIpc) is 3.21. The van der Waals surface area contributed by atoms with Gasteiger partial charge in [0.2, 0.25) is 0 Å². The number of furan rings is 1. The second-order valence-electron chi connectivity index (χ2n) is 5.97. The third-order valence-corrected chi connectivity index (χ3v) is 5.29. The second kappa shape index (κ2) is 7.09. The molecule has 1 saturated heterocycles. The summed E-state index contributed by atoms with van der Waals surface area (Å²) < 4.78 is 5.62. The lowest BCUT2D eigenvalue weighted by Crippen LogP contribution is -2.50. The van der Waals surface area contributed by atoms with Crippen LogP contribution < -0.4 is 11.1 Å². The summed E-state index contributed by atoms with van der Waals surface area (Å²) in [5, 5.41) is 2.62. The predicted octanol–water partition coefficient (Wildman–Crippen LogP) is 2.98. The van der Waals surface area contributed by atoms with Crippen LogP contribution in [0.5, 0.6) is 0 Å². The number of hydrogen-bond acceptors (Lipinski definition) is 4. The van der Waals surface area contributed by atoms with E-state index in [4.69, 9.17) is 10.2 Å². The first-order chi connectivity index (χ1) is 11.5. The predicted molar refractivity (Wildman–Crippen MR) is 93.0 cm³/mol. The van der Waals surface area contributed by atoms with Gasteiger partial charge in [0.1, 0.15) is 11.5 Å². The molecule has 3 rings (SSSR count). The Morgan fingerprint density at radius 2 is 2.17 bits per heavy atom. The van der Waals surface area contributed by atoms with Crippen LogP contribution in [-0.4, -0.2) is 36.0 Å². The van der Waals surface area contributed by atoms with Gasteiger partial charge >= 0.3 is 6.03 Å². The Morgan fingerprint density at radius 3 is 2.88 bits per heavy atom. The highest BCUT2D eigenvalue weighted by atomic mass is 32.1. The Labute approximate surface area is 144 Å². The lowest BCUT2D eigenvalue weighted by molar-refractivity contribution is 0.0620. The average molecular weight is 347 g/mol. The molecule has 0 aliphatic carbocycles. The number of likely N-dealkylation sites (tertiary alicyclic amines) is 1. The number of nitrogens with one attached hydrogen (secondary N) is 1. The first-order valence-corrected chi connectivity index (χ1v) is 8.87. The molecule has 7 heteroatoms. The Morgan fingerprint density at radius 1 is 1.33 bits per heavy atom. The van der Waals surface area contributed by atoms with Crippen molar-refractivity contribution in [2.75, 3.05) is 13.1 Å². The largest absolute Gasteiger partial charge is 0.461 e. The molecule has 0 saturated carbocycles. The SMILES string of the molecule is Cc1ccc(-c2ccc(C(=O)N3CCCC[C@H]3CNC(N)=O)s2)o1. The first kappa shape index (κ1) is 16.6. The van der Waals surface area contributed by atoms with Crippen LogP contribution >= 0.6 is 11.3 Å². The van der Waals surface area contributed by atoms with E-state index in [1.807, 2.05) is 36.1 Å². The minimum atomic E-state index is -0.556. The maximum atomic E-state index is 12.9. The van der Waals surface area contributed by atoms with Gasteiger partial charge in [-0.05, 0) is 50.5 Å². The molecule has 1 aliphatic rings. The van der Waals surface area contributed by atoms with Crippen molar-refractivity contribution in [3.8, 4) is 10.6 Å². The number of primary amides is 1. The standard InChI is InChI=1S/C17H21N3O3S/c1-11-5-6-13(23-11)14-7-8-15(24-14)16(21)20-9-3-2-4-12(20)10-19-17(18)22/h5-8,12H,2-4,9-10H2,1H3,(H3,18,19,22)/t12-/m0/s1. The van der Waals surface area contributed by atoms with Crippen LogP contribution in [0.15, 0.2) is 28.7 Å². The number of carbonyl (C=O) groups is 2. The molecule has 0 spiro atoms. The zero-order chi connectivity index (χ0) is 17.1. The number of amides is 3. The number of nitrogens with zero attached hydrogens (tertiary/aromatic N) is 1. The Balaban J connectivity index is 1.74. The van der Waals surface area contributed by atoms with Gasteiger partial charge in [0.25, 0.3) is 5.91 Å². The summed E-state index contributed by atoms with van der Waals surface area (Å²) in [4.78, 5) is 27.3. The fourth-order valence-electron chi connectivity index (χ4n) is 2.99. The van der Waals surface area contributed by atoms with E-state index in [2.05, 4.69) is 5.32 Å². The molecule has 6 nitrogen and oxygen atoms in total. The van der Waals surface area contributed by atoms with E-state index in [0.29, 0.717) is 18.0 Å². The normalized spacial score (nSPS) is 17.7. The number of hydrogen-bond donors (Lipinski definition) is 2. The number of aryl methyl sites for hydroxylation is 1. The van der Waals surface area contributed by atoms with Crippen LogP contribution in [0.4, 0.5) is 4.79 Å². The lowest BCUT2D eigenvalue weighted by Gasteiger charge is -2.35. The van der Waals surface area contributed by atoms with E-state index in [0.717, 1.165) is 35.7 Å². The molecule has 128 valence electrons. The lowest BCUT2D eigenvalue weighted by atomic mass is 10.0. The number of urea groups is 1. The minimum Gasteiger partial charge on any atom is -0.461 e. The van der Waals surface area contributed by atoms with Crippen molar-refractivity contribution in [2.24, 2.45) is 5.73 Å². The minimum absolute atomic E-state index is 0.00448. The molecule has 1 fully saturated rings. The summed E-state index contributed by atoms with van der Waals surface area (Å²) in [6.45, 7) is 3.00. The van der Waals surface area contributed by atoms with Crippen LogP contribution in [0.1, 0.15) is 34.7 Å². The molecule has 0 radical (unpaired) electrons. The van der Waals surface area contributed by atoms with Gasteiger partial charge in [0.05, 0.1) is 9.75 Å².